The molecular weight excluding hydrogens is 396 g/mol. The monoisotopic (exact) mass is 411 g/mol. The summed E-state index contributed by atoms with van der Waals surface area (Å²) >= 11 is 11.6. The molecule has 0 radical (unpaired) electrons. The van der Waals surface area contributed by atoms with Crippen LogP contribution in [0, 0.1) is 6.92 Å². The lowest BCUT2D eigenvalue weighted by molar-refractivity contribution is -0.146. The highest BCUT2D eigenvalue weighted by atomic mass is 35.5. The number of nitrogens with zero attached hydrogens (tertiary/aromatic N) is 2. The standard InChI is InChI=1S/C15H15Cl2N3O2.2ClH/c1-9-2-3-10(7-19-9)4-12(18)15(21)22-8-11-5-13(16)20-14(17)6-11;;/h2-3,5-7,12H,4,8,18H2,1H3;2*1H/t12-;;/m0../s1. The molecule has 2 heterocycles. The van der Waals surface area contributed by atoms with Crippen molar-refractivity contribution in [3.63, 3.8) is 0 Å². The fourth-order valence-corrected chi connectivity index (χ4v) is 2.32. The summed E-state index contributed by atoms with van der Waals surface area (Å²) in [5, 5.41) is 0.488. The van der Waals surface area contributed by atoms with Gasteiger partial charge in [-0.1, -0.05) is 29.3 Å². The van der Waals surface area contributed by atoms with Gasteiger partial charge in [0.1, 0.15) is 23.0 Å². The average molecular weight is 413 g/mol. The summed E-state index contributed by atoms with van der Waals surface area (Å²) in [5.41, 5.74) is 8.29. The molecule has 5 nitrogen and oxygen atoms in total. The Morgan fingerprint density at radius 3 is 2.38 bits per heavy atom. The van der Waals surface area contributed by atoms with Crippen molar-refractivity contribution in [3.05, 3.63) is 57.6 Å². The highest BCUT2D eigenvalue weighted by molar-refractivity contribution is 6.32. The summed E-state index contributed by atoms with van der Waals surface area (Å²) in [6, 6.07) is 6.16. The predicted octanol–water partition coefficient (Wildman–Crippen LogP) is 3.55. The SMILES string of the molecule is Cc1ccc(C[C@H](N)C(=O)OCc2cc(Cl)nc(Cl)c2)cn1.Cl.Cl. The van der Waals surface area contributed by atoms with Crippen molar-refractivity contribution in [2.75, 3.05) is 0 Å². The Bertz CT molecular complexity index is 648. The van der Waals surface area contributed by atoms with Gasteiger partial charge in [0, 0.05) is 11.9 Å². The minimum Gasteiger partial charge on any atom is -0.460 e. The van der Waals surface area contributed by atoms with E-state index in [9.17, 15) is 4.79 Å². The van der Waals surface area contributed by atoms with Crippen LogP contribution in [0.3, 0.4) is 0 Å². The van der Waals surface area contributed by atoms with Crippen LogP contribution in [0.25, 0.3) is 0 Å². The van der Waals surface area contributed by atoms with E-state index in [2.05, 4.69) is 9.97 Å². The Morgan fingerprint density at radius 1 is 1.21 bits per heavy atom. The molecular formula is C15H17Cl4N3O2. The van der Waals surface area contributed by atoms with Crippen LogP contribution >= 0.6 is 48.0 Å². The molecule has 0 aliphatic carbocycles. The summed E-state index contributed by atoms with van der Waals surface area (Å²) in [5.74, 6) is -0.496. The number of carbonyl (C=O) groups excluding carboxylic acids is 1. The van der Waals surface area contributed by atoms with Gasteiger partial charge in [0.2, 0.25) is 0 Å². The van der Waals surface area contributed by atoms with Gasteiger partial charge in [-0.05, 0) is 42.7 Å². The third-order valence-electron chi connectivity index (χ3n) is 2.93. The van der Waals surface area contributed by atoms with Gasteiger partial charge in [0.15, 0.2) is 0 Å². The van der Waals surface area contributed by atoms with Crippen molar-refractivity contribution in [2.24, 2.45) is 5.73 Å². The average Bonchev–Trinajstić information content (AvgIpc) is 2.46. The van der Waals surface area contributed by atoms with Crippen molar-refractivity contribution >= 4 is 54.0 Å². The molecule has 9 heteroatoms. The van der Waals surface area contributed by atoms with E-state index < -0.39 is 12.0 Å². The van der Waals surface area contributed by atoms with Crippen molar-refractivity contribution in [1.82, 2.24) is 9.97 Å². The van der Waals surface area contributed by atoms with Crippen LogP contribution in [0.4, 0.5) is 0 Å². The maximum absolute atomic E-state index is 11.9. The first-order valence-corrected chi connectivity index (χ1v) is 7.35. The molecule has 2 rings (SSSR count). The summed E-state index contributed by atoms with van der Waals surface area (Å²) in [6.07, 6.45) is 2.06. The lowest BCUT2D eigenvalue weighted by Crippen LogP contribution is -2.34. The number of rotatable bonds is 5. The van der Waals surface area contributed by atoms with E-state index >= 15 is 0 Å². The number of halogens is 4. The summed E-state index contributed by atoms with van der Waals surface area (Å²) in [4.78, 5) is 19.9. The largest absolute Gasteiger partial charge is 0.460 e. The zero-order chi connectivity index (χ0) is 16.1. The van der Waals surface area contributed by atoms with E-state index in [-0.39, 0.29) is 41.7 Å². The summed E-state index contributed by atoms with van der Waals surface area (Å²) in [7, 11) is 0. The molecule has 0 saturated heterocycles. The Balaban J connectivity index is 0.00000264. The Morgan fingerprint density at radius 2 is 1.83 bits per heavy atom. The number of hydrogen-bond acceptors (Lipinski definition) is 5. The fraction of sp³-hybridized carbons (Fsp3) is 0.267. The quantitative estimate of drug-likeness (QED) is 0.600. The second-order valence-electron chi connectivity index (χ2n) is 4.85. The van der Waals surface area contributed by atoms with E-state index in [1.807, 2.05) is 19.1 Å². The van der Waals surface area contributed by atoms with Crippen LogP contribution < -0.4 is 5.73 Å². The lowest BCUT2D eigenvalue weighted by Gasteiger charge is -2.12. The van der Waals surface area contributed by atoms with Crippen LogP contribution in [-0.2, 0) is 22.6 Å². The van der Waals surface area contributed by atoms with Gasteiger partial charge in [0.05, 0.1) is 0 Å². The highest BCUT2D eigenvalue weighted by Gasteiger charge is 2.16. The Labute approximate surface area is 162 Å². The second kappa shape index (κ2) is 10.7. The first-order valence-electron chi connectivity index (χ1n) is 6.60. The van der Waals surface area contributed by atoms with Crippen molar-refractivity contribution in [2.45, 2.75) is 26.0 Å². The van der Waals surface area contributed by atoms with Gasteiger partial charge in [-0.3, -0.25) is 9.78 Å². The Kier molecular flexibility index (Phi) is 10.2. The summed E-state index contributed by atoms with van der Waals surface area (Å²) in [6.45, 7) is 1.93. The molecule has 0 aliphatic heterocycles. The molecule has 2 aromatic rings. The third-order valence-corrected chi connectivity index (χ3v) is 3.32. The smallest absolute Gasteiger partial charge is 0.323 e. The molecule has 0 spiro atoms. The molecule has 1 atom stereocenters. The molecule has 132 valence electrons. The number of carbonyl (C=O) groups is 1. The maximum Gasteiger partial charge on any atom is 0.323 e. The zero-order valence-electron chi connectivity index (χ0n) is 12.7. The van der Waals surface area contributed by atoms with Crippen LogP contribution in [0.5, 0.6) is 0 Å². The molecule has 2 aromatic heterocycles. The van der Waals surface area contributed by atoms with E-state index in [4.69, 9.17) is 33.7 Å². The van der Waals surface area contributed by atoms with Crippen LogP contribution in [-0.4, -0.2) is 22.0 Å². The number of aryl methyl sites for hydroxylation is 1. The van der Waals surface area contributed by atoms with Crippen LogP contribution in [0.1, 0.15) is 16.8 Å². The number of esters is 1. The van der Waals surface area contributed by atoms with Crippen molar-refractivity contribution < 1.29 is 9.53 Å². The normalized spacial score (nSPS) is 11.0. The first-order chi connectivity index (χ1) is 10.4. The van der Waals surface area contributed by atoms with Gasteiger partial charge in [-0.2, -0.15) is 0 Å². The van der Waals surface area contributed by atoms with Gasteiger partial charge < -0.3 is 10.5 Å². The first kappa shape index (κ1) is 22.9. The minimum absolute atomic E-state index is 0. The van der Waals surface area contributed by atoms with E-state index in [1.54, 1.807) is 18.3 Å². The second-order valence-corrected chi connectivity index (χ2v) is 5.62. The third kappa shape index (κ3) is 7.20. The van der Waals surface area contributed by atoms with Crippen molar-refractivity contribution in [1.29, 1.82) is 0 Å². The number of nitrogens with two attached hydrogens (primary N) is 1. The number of ether oxygens (including phenoxy) is 1. The molecule has 0 aromatic carbocycles. The van der Waals surface area contributed by atoms with E-state index in [0.29, 0.717) is 12.0 Å². The Hall–Kier alpha value is -1.11. The van der Waals surface area contributed by atoms with E-state index in [1.165, 1.54) is 0 Å². The lowest BCUT2D eigenvalue weighted by atomic mass is 10.1. The van der Waals surface area contributed by atoms with E-state index in [0.717, 1.165) is 11.3 Å². The molecule has 0 fully saturated rings. The van der Waals surface area contributed by atoms with Gasteiger partial charge in [-0.25, -0.2) is 4.98 Å². The zero-order valence-corrected chi connectivity index (χ0v) is 15.9. The maximum atomic E-state index is 11.9. The van der Waals surface area contributed by atoms with Crippen molar-refractivity contribution in [3.8, 4) is 0 Å². The van der Waals surface area contributed by atoms with Gasteiger partial charge in [0.25, 0.3) is 0 Å². The van der Waals surface area contributed by atoms with Crippen LogP contribution in [0.15, 0.2) is 30.5 Å². The van der Waals surface area contributed by atoms with Gasteiger partial charge >= 0.3 is 5.97 Å². The summed E-state index contributed by atoms with van der Waals surface area (Å²) < 4.78 is 5.17. The fourth-order valence-electron chi connectivity index (χ4n) is 1.82. The molecule has 0 unspecified atom stereocenters. The molecule has 0 aliphatic rings. The number of hydrogen-bond donors (Lipinski definition) is 1. The molecule has 24 heavy (non-hydrogen) atoms. The highest BCUT2D eigenvalue weighted by Crippen LogP contribution is 2.15. The predicted molar refractivity (Wildman–Crippen MR) is 99.2 cm³/mol. The minimum atomic E-state index is -0.753. The molecule has 0 amide bonds. The topological polar surface area (TPSA) is 78.1 Å². The molecule has 0 bridgehead atoms. The number of pyridine rings is 2. The number of aromatic nitrogens is 2. The molecule has 2 N–H and O–H groups in total. The van der Waals surface area contributed by atoms with Crippen LogP contribution in [0.2, 0.25) is 10.3 Å². The molecule has 0 saturated carbocycles. The van der Waals surface area contributed by atoms with Gasteiger partial charge in [-0.15, -0.1) is 24.8 Å².